The molecule has 0 aromatic heterocycles. The molecule has 0 aliphatic heterocycles. The average molecular weight is 277 g/mol. The van der Waals surface area contributed by atoms with Crippen molar-refractivity contribution in [2.75, 3.05) is 0 Å². The van der Waals surface area contributed by atoms with Crippen molar-refractivity contribution >= 4 is 21.8 Å². The summed E-state index contributed by atoms with van der Waals surface area (Å²) in [5, 5.41) is -0.434. The Morgan fingerprint density at radius 3 is 2.19 bits per heavy atom. The minimum absolute atomic E-state index is 0.211. The van der Waals surface area contributed by atoms with Gasteiger partial charge in [0.2, 0.25) is 0 Å². The van der Waals surface area contributed by atoms with Crippen LogP contribution < -0.4 is 0 Å². The molecule has 0 unspecified atom stereocenters. The molecule has 0 atom stereocenters. The topological polar surface area (TPSA) is 34.1 Å². The first-order valence-corrected chi connectivity index (χ1v) is 5.80. The van der Waals surface area contributed by atoms with Crippen LogP contribution in [-0.4, -0.2) is 8.42 Å². The van der Waals surface area contributed by atoms with Crippen molar-refractivity contribution < 1.29 is 25.5 Å². The Morgan fingerprint density at radius 1 is 1.25 bits per heavy atom. The van der Waals surface area contributed by atoms with Gasteiger partial charge in [0.25, 0.3) is 0 Å². The first kappa shape index (κ1) is 13.2. The molecule has 0 heterocycles. The molecular weight excluding hydrogens is 272 g/mol. The molecule has 90 valence electrons. The zero-order valence-corrected chi connectivity index (χ0v) is 9.13. The van der Waals surface area contributed by atoms with E-state index in [0.29, 0.717) is 12.1 Å². The Balaban J connectivity index is 3.11. The van der Waals surface area contributed by atoms with Crippen LogP contribution in [0.4, 0.5) is 17.1 Å². The van der Waals surface area contributed by atoms with Crippen molar-refractivity contribution in [3.8, 4) is 0 Å². The molecule has 1 rings (SSSR count). The Hall–Kier alpha value is -0.820. The molecule has 0 aliphatic rings. The fraction of sp³-hybridized carbons (Fsp3) is 0.250. The molecule has 0 fully saturated rings. The van der Waals surface area contributed by atoms with Gasteiger partial charge in [0.1, 0.15) is 5.75 Å². The van der Waals surface area contributed by atoms with Gasteiger partial charge in [0.05, 0.1) is 5.56 Å². The molecule has 16 heavy (non-hydrogen) atoms. The smallest absolute Gasteiger partial charge is 0.194 e. The van der Waals surface area contributed by atoms with Gasteiger partial charge in [-0.2, -0.15) is 21.6 Å². The van der Waals surface area contributed by atoms with Gasteiger partial charge < -0.3 is 0 Å². The summed E-state index contributed by atoms with van der Waals surface area (Å²) in [6.07, 6.45) is -4.57. The lowest BCUT2D eigenvalue weighted by Crippen LogP contribution is -2.06. The molecule has 0 saturated carbocycles. The van der Waals surface area contributed by atoms with Gasteiger partial charge in [-0.05, 0) is 17.7 Å². The number of alkyl halides is 3. The van der Waals surface area contributed by atoms with Crippen molar-refractivity contribution in [2.24, 2.45) is 0 Å². The van der Waals surface area contributed by atoms with E-state index >= 15 is 0 Å². The van der Waals surface area contributed by atoms with Crippen LogP contribution in [0.25, 0.3) is 0 Å². The van der Waals surface area contributed by atoms with Gasteiger partial charge in [-0.15, -0.1) is 3.89 Å². The first-order chi connectivity index (χ1) is 7.09. The molecule has 0 spiro atoms. The highest BCUT2D eigenvalue weighted by atomic mass is 35.5. The molecule has 1 aromatic carbocycles. The first-order valence-electron chi connectivity index (χ1n) is 3.87. The number of hydrogen-bond donors (Lipinski definition) is 0. The minimum Gasteiger partial charge on any atom is -0.194 e. The summed E-state index contributed by atoms with van der Waals surface area (Å²) in [6, 6.07) is 2.04. The molecule has 2 nitrogen and oxygen atoms in total. The maximum Gasteiger partial charge on any atom is 0.416 e. The predicted molar refractivity (Wildman–Crippen MR) is 50.2 cm³/mol. The van der Waals surface area contributed by atoms with Gasteiger partial charge in [0, 0.05) is 5.02 Å². The van der Waals surface area contributed by atoms with Crippen LogP contribution in [0.2, 0.25) is 5.02 Å². The van der Waals surface area contributed by atoms with Crippen LogP contribution in [-0.2, 0) is 22.2 Å². The molecule has 0 aliphatic carbocycles. The fourth-order valence-corrected chi connectivity index (χ4v) is 1.98. The van der Waals surface area contributed by atoms with Gasteiger partial charge >= 0.3 is 16.4 Å². The second-order valence-corrected chi connectivity index (χ2v) is 4.76. The quantitative estimate of drug-likeness (QED) is 0.614. The van der Waals surface area contributed by atoms with Gasteiger partial charge in [-0.25, -0.2) is 0 Å². The number of hydrogen-bond acceptors (Lipinski definition) is 2. The third kappa shape index (κ3) is 3.64. The van der Waals surface area contributed by atoms with Gasteiger partial charge in [0.15, 0.2) is 0 Å². The van der Waals surface area contributed by atoms with Crippen molar-refractivity contribution in [2.45, 2.75) is 11.9 Å². The lowest BCUT2D eigenvalue weighted by molar-refractivity contribution is -0.137. The number of rotatable bonds is 2. The third-order valence-corrected chi connectivity index (χ3v) is 2.72. The second kappa shape index (κ2) is 4.21. The maximum absolute atomic E-state index is 12.3. The third-order valence-electron chi connectivity index (χ3n) is 1.71. The summed E-state index contributed by atoms with van der Waals surface area (Å²) in [4.78, 5) is 0. The number of halogens is 5. The second-order valence-electron chi connectivity index (χ2n) is 2.99. The van der Waals surface area contributed by atoms with Crippen molar-refractivity contribution in [1.82, 2.24) is 0 Å². The van der Waals surface area contributed by atoms with E-state index in [-0.39, 0.29) is 5.56 Å². The lowest BCUT2D eigenvalue weighted by Gasteiger charge is -2.08. The highest BCUT2D eigenvalue weighted by molar-refractivity contribution is 7.85. The zero-order chi connectivity index (χ0) is 12.6. The summed E-state index contributed by atoms with van der Waals surface area (Å²) in [5.41, 5.74) is -1.23. The highest BCUT2D eigenvalue weighted by Gasteiger charge is 2.31. The lowest BCUT2D eigenvalue weighted by atomic mass is 10.1. The average Bonchev–Trinajstić information content (AvgIpc) is 2.04. The molecule has 1 aromatic rings. The Labute approximate surface area is 94.0 Å². The Kier molecular flexibility index (Phi) is 3.49. The molecule has 0 radical (unpaired) electrons. The summed E-state index contributed by atoms with van der Waals surface area (Å²) < 4.78 is 69.4. The van der Waals surface area contributed by atoms with E-state index in [1.807, 2.05) is 0 Å². The minimum atomic E-state index is -4.81. The summed E-state index contributed by atoms with van der Waals surface area (Å²) >= 11 is 5.41. The van der Waals surface area contributed by atoms with Crippen LogP contribution in [0, 0.1) is 0 Å². The highest BCUT2D eigenvalue weighted by Crippen LogP contribution is 2.32. The van der Waals surface area contributed by atoms with Crippen LogP contribution in [0.5, 0.6) is 0 Å². The molecule has 0 N–H and O–H groups in total. The predicted octanol–water partition coefficient (Wildman–Crippen LogP) is 3.16. The molecule has 0 bridgehead atoms. The Morgan fingerprint density at radius 2 is 1.81 bits per heavy atom. The monoisotopic (exact) mass is 276 g/mol. The van der Waals surface area contributed by atoms with Crippen molar-refractivity contribution in [3.05, 3.63) is 34.3 Å². The molecular formula is C8H5ClF4O2S. The molecule has 0 saturated heterocycles. The van der Waals surface area contributed by atoms with E-state index in [4.69, 9.17) is 11.6 Å². The molecule has 8 heteroatoms. The van der Waals surface area contributed by atoms with Crippen LogP contribution in [0.3, 0.4) is 0 Å². The van der Waals surface area contributed by atoms with Crippen LogP contribution in [0.15, 0.2) is 18.2 Å². The zero-order valence-electron chi connectivity index (χ0n) is 7.55. The van der Waals surface area contributed by atoms with E-state index in [1.165, 1.54) is 0 Å². The summed E-state index contributed by atoms with van der Waals surface area (Å²) in [7, 11) is -4.81. The summed E-state index contributed by atoms with van der Waals surface area (Å²) in [6.45, 7) is 0. The van der Waals surface area contributed by atoms with Crippen LogP contribution in [0.1, 0.15) is 11.1 Å². The van der Waals surface area contributed by atoms with E-state index in [9.17, 15) is 25.5 Å². The fourth-order valence-electron chi connectivity index (χ4n) is 1.03. The van der Waals surface area contributed by atoms with E-state index in [0.717, 1.165) is 6.07 Å². The maximum atomic E-state index is 12.3. The van der Waals surface area contributed by atoms with E-state index in [2.05, 4.69) is 0 Å². The number of benzene rings is 1. The van der Waals surface area contributed by atoms with E-state index < -0.39 is 32.7 Å². The van der Waals surface area contributed by atoms with Gasteiger partial charge in [-0.1, -0.05) is 17.7 Å². The van der Waals surface area contributed by atoms with E-state index in [1.54, 1.807) is 0 Å². The van der Waals surface area contributed by atoms with Crippen LogP contribution >= 0.6 is 11.6 Å². The standard InChI is InChI=1S/C8H5ClF4O2S/c9-7-3-6(8(10,11)12)2-1-5(7)4-16(13,14)15/h1-3H,4H2. The SMILES string of the molecule is O=S(=O)(F)Cc1ccc(C(F)(F)F)cc1Cl. The van der Waals surface area contributed by atoms with Gasteiger partial charge in [-0.3, -0.25) is 0 Å². The summed E-state index contributed by atoms with van der Waals surface area (Å²) in [5.74, 6) is -1.04. The normalized spacial score (nSPS) is 12.8. The van der Waals surface area contributed by atoms with Crippen molar-refractivity contribution in [3.63, 3.8) is 0 Å². The Bertz CT molecular complexity index is 495. The molecule has 0 amide bonds. The largest absolute Gasteiger partial charge is 0.416 e. The van der Waals surface area contributed by atoms with Crippen molar-refractivity contribution in [1.29, 1.82) is 0 Å².